The van der Waals surface area contributed by atoms with E-state index in [-0.39, 0.29) is 5.88 Å². The first-order valence-corrected chi connectivity index (χ1v) is 8.34. The number of hydrogen-bond acceptors (Lipinski definition) is 3. The maximum Gasteiger partial charge on any atom is 0.199 e. The van der Waals surface area contributed by atoms with Crippen LogP contribution < -0.4 is 0 Å². The average molecular weight is 328 g/mol. The summed E-state index contributed by atoms with van der Waals surface area (Å²) in [5.74, 6) is 0.145. The van der Waals surface area contributed by atoms with Crippen LogP contribution in [0.15, 0.2) is 59.4 Å². The van der Waals surface area contributed by atoms with Crippen molar-refractivity contribution in [2.24, 2.45) is 0 Å². The number of pyridine rings is 1. The van der Waals surface area contributed by atoms with Gasteiger partial charge in [0.15, 0.2) is 5.88 Å². The van der Waals surface area contributed by atoms with Gasteiger partial charge in [0.25, 0.3) is 0 Å². The van der Waals surface area contributed by atoms with Gasteiger partial charge in [-0.05, 0) is 54.3 Å². The first-order valence-electron chi connectivity index (χ1n) is 8.34. The van der Waals surface area contributed by atoms with E-state index in [0.717, 1.165) is 51.8 Å². The average Bonchev–Trinajstić information content (AvgIpc) is 3.28. The molecule has 5 rings (SSSR count). The Morgan fingerprint density at radius 3 is 2.92 bits per heavy atom. The number of nitrogens with zero attached hydrogens (tertiary/aromatic N) is 1. The van der Waals surface area contributed by atoms with E-state index in [1.165, 1.54) is 5.56 Å². The monoisotopic (exact) mass is 328 g/mol. The lowest BCUT2D eigenvalue weighted by molar-refractivity contribution is 0.460. The van der Waals surface area contributed by atoms with Gasteiger partial charge in [0, 0.05) is 16.5 Å². The minimum atomic E-state index is 0.145. The molecule has 4 aromatic rings. The smallest absolute Gasteiger partial charge is 0.199 e. The fourth-order valence-electron chi connectivity index (χ4n) is 3.48. The molecule has 1 aliphatic rings. The Morgan fingerprint density at radius 1 is 1.08 bits per heavy atom. The molecule has 122 valence electrons. The molecule has 0 atom stereocenters. The summed E-state index contributed by atoms with van der Waals surface area (Å²) in [6.45, 7) is 0. The number of furan rings is 1. The van der Waals surface area contributed by atoms with E-state index >= 15 is 0 Å². The first kappa shape index (κ1) is 14.1. The number of H-pyrrole nitrogens is 1. The van der Waals surface area contributed by atoms with E-state index < -0.39 is 0 Å². The number of allylic oxidation sites excluding steroid dienone is 1. The second kappa shape index (κ2) is 5.38. The molecule has 0 amide bonds. The second-order valence-electron chi connectivity index (χ2n) is 6.30. The molecule has 1 aromatic carbocycles. The largest absolute Gasteiger partial charge is 0.494 e. The maximum atomic E-state index is 10.5. The highest BCUT2D eigenvalue weighted by Gasteiger charge is 2.17. The summed E-state index contributed by atoms with van der Waals surface area (Å²) in [6.07, 6.45) is 9.65. The minimum Gasteiger partial charge on any atom is -0.494 e. The highest BCUT2D eigenvalue weighted by molar-refractivity contribution is 6.00. The summed E-state index contributed by atoms with van der Waals surface area (Å²) >= 11 is 0. The molecule has 0 saturated carbocycles. The second-order valence-corrected chi connectivity index (χ2v) is 6.30. The van der Waals surface area contributed by atoms with Gasteiger partial charge in [-0.1, -0.05) is 18.2 Å². The van der Waals surface area contributed by atoms with Crippen LogP contribution in [-0.2, 0) is 6.42 Å². The molecule has 4 nitrogen and oxygen atoms in total. The molecule has 25 heavy (non-hydrogen) atoms. The van der Waals surface area contributed by atoms with Gasteiger partial charge in [0.1, 0.15) is 0 Å². The lowest BCUT2D eigenvalue weighted by Crippen LogP contribution is -1.98. The number of rotatable bonds is 2. The van der Waals surface area contributed by atoms with Crippen molar-refractivity contribution >= 4 is 17.0 Å². The van der Waals surface area contributed by atoms with Crippen LogP contribution in [-0.4, -0.2) is 15.1 Å². The molecule has 0 fully saturated rings. The fourth-order valence-corrected chi connectivity index (χ4v) is 3.48. The van der Waals surface area contributed by atoms with Crippen LogP contribution in [0.2, 0.25) is 0 Å². The molecule has 0 spiro atoms. The third-order valence-electron chi connectivity index (χ3n) is 4.76. The van der Waals surface area contributed by atoms with Crippen molar-refractivity contribution in [3.63, 3.8) is 0 Å². The summed E-state index contributed by atoms with van der Waals surface area (Å²) in [5.41, 5.74) is 6.69. The topological polar surface area (TPSA) is 62.0 Å². The van der Waals surface area contributed by atoms with Crippen LogP contribution in [0.1, 0.15) is 17.7 Å². The van der Waals surface area contributed by atoms with Gasteiger partial charge < -0.3 is 14.5 Å². The van der Waals surface area contributed by atoms with Crippen molar-refractivity contribution in [2.45, 2.75) is 12.8 Å². The number of aromatic amines is 1. The van der Waals surface area contributed by atoms with Crippen molar-refractivity contribution in [3.8, 4) is 28.3 Å². The molecule has 3 aromatic heterocycles. The molecule has 0 radical (unpaired) electrons. The molecule has 3 heterocycles. The Labute approximate surface area is 144 Å². The van der Waals surface area contributed by atoms with E-state index in [0.29, 0.717) is 0 Å². The Morgan fingerprint density at radius 2 is 2.04 bits per heavy atom. The Hall–Kier alpha value is -3.27. The standard InChI is InChI=1S/C21H16N2O2/c24-21-20(19-8-5-13-3-1-2-4-17(13)22-19)16-11-14(6-7-18(16)23-21)15-9-10-25-12-15/h2,4-12,23-24H,1,3H2. The van der Waals surface area contributed by atoms with Crippen molar-refractivity contribution in [1.82, 2.24) is 9.97 Å². The zero-order valence-electron chi connectivity index (χ0n) is 13.5. The minimum absolute atomic E-state index is 0.145. The molecular formula is C21H16N2O2. The molecule has 0 aliphatic heterocycles. The summed E-state index contributed by atoms with van der Waals surface area (Å²) < 4.78 is 5.19. The lowest BCUT2D eigenvalue weighted by atomic mass is 9.99. The predicted octanol–water partition coefficient (Wildman–Crippen LogP) is 5.15. The zero-order chi connectivity index (χ0) is 16.8. The summed E-state index contributed by atoms with van der Waals surface area (Å²) in [7, 11) is 0. The van der Waals surface area contributed by atoms with E-state index in [2.05, 4.69) is 29.3 Å². The third-order valence-corrected chi connectivity index (χ3v) is 4.76. The van der Waals surface area contributed by atoms with E-state index in [9.17, 15) is 5.11 Å². The number of aromatic hydroxyl groups is 1. The van der Waals surface area contributed by atoms with Gasteiger partial charge in [-0.3, -0.25) is 0 Å². The molecular weight excluding hydrogens is 312 g/mol. The van der Waals surface area contributed by atoms with E-state index in [1.54, 1.807) is 12.5 Å². The van der Waals surface area contributed by atoms with Gasteiger partial charge in [0.05, 0.1) is 29.5 Å². The number of hydrogen-bond donors (Lipinski definition) is 2. The lowest BCUT2D eigenvalue weighted by Gasteiger charge is -2.11. The fraction of sp³-hybridized carbons (Fsp3) is 0.0952. The van der Waals surface area contributed by atoms with Crippen molar-refractivity contribution in [2.75, 3.05) is 0 Å². The molecule has 4 heteroatoms. The van der Waals surface area contributed by atoms with Crippen LogP contribution in [0.4, 0.5) is 0 Å². The van der Waals surface area contributed by atoms with Crippen molar-refractivity contribution in [3.05, 3.63) is 66.3 Å². The van der Waals surface area contributed by atoms with Gasteiger partial charge in [-0.25, -0.2) is 4.98 Å². The Kier molecular flexibility index (Phi) is 3.04. The predicted molar refractivity (Wildman–Crippen MR) is 98.3 cm³/mol. The van der Waals surface area contributed by atoms with Crippen LogP contribution in [0, 0.1) is 0 Å². The Balaban J connectivity index is 1.72. The molecule has 1 aliphatic carbocycles. The van der Waals surface area contributed by atoms with Gasteiger partial charge in [-0.2, -0.15) is 0 Å². The highest BCUT2D eigenvalue weighted by Crippen LogP contribution is 2.38. The third kappa shape index (κ3) is 2.26. The normalized spacial score (nSPS) is 13.3. The summed E-state index contributed by atoms with van der Waals surface area (Å²) in [5, 5.41) is 11.4. The SMILES string of the molecule is Oc1[nH]c2ccc(-c3ccoc3)cc2c1-c1ccc2c(n1)C=CCC2. The Bertz CT molecular complexity index is 1100. The van der Waals surface area contributed by atoms with E-state index in [1.807, 2.05) is 24.3 Å². The van der Waals surface area contributed by atoms with Gasteiger partial charge in [-0.15, -0.1) is 0 Å². The van der Waals surface area contributed by atoms with Crippen molar-refractivity contribution in [1.29, 1.82) is 0 Å². The number of aryl methyl sites for hydroxylation is 1. The van der Waals surface area contributed by atoms with E-state index in [4.69, 9.17) is 9.40 Å². The summed E-state index contributed by atoms with van der Waals surface area (Å²) in [6, 6.07) is 12.1. The number of benzene rings is 1. The van der Waals surface area contributed by atoms with Crippen LogP contribution >= 0.6 is 0 Å². The van der Waals surface area contributed by atoms with Gasteiger partial charge in [0.2, 0.25) is 0 Å². The number of fused-ring (bicyclic) bond motifs is 2. The van der Waals surface area contributed by atoms with Crippen molar-refractivity contribution < 1.29 is 9.52 Å². The van der Waals surface area contributed by atoms with Gasteiger partial charge >= 0.3 is 0 Å². The number of nitrogens with one attached hydrogen (secondary N) is 1. The maximum absolute atomic E-state index is 10.5. The first-order chi connectivity index (χ1) is 12.3. The number of aromatic nitrogens is 2. The summed E-state index contributed by atoms with van der Waals surface area (Å²) in [4.78, 5) is 7.83. The highest BCUT2D eigenvalue weighted by atomic mass is 16.3. The molecule has 0 bridgehead atoms. The molecule has 2 N–H and O–H groups in total. The van der Waals surface area contributed by atoms with Crippen LogP contribution in [0.3, 0.4) is 0 Å². The zero-order valence-corrected chi connectivity index (χ0v) is 13.5. The molecule has 0 unspecified atom stereocenters. The van der Waals surface area contributed by atoms with Crippen LogP contribution in [0.25, 0.3) is 39.4 Å². The molecule has 0 saturated heterocycles. The van der Waals surface area contributed by atoms with Crippen LogP contribution in [0.5, 0.6) is 5.88 Å². The quantitative estimate of drug-likeness (QED) is 0.534.